The zero-order chi connectivity index (χ0) is 14.5. The highest BCUT2D eigenvalue weighted by atomic mass is 16.5. The molecule has 4 heteroatoms. The fraction of sp³-hybridized carbons (Fsp3) is 0.667. The van der Waals surface area contributed by atoms with Crippen LogP contribution in [0.3, 0.4) is 0 Å². The molecular formula is C15H27N3O. The van der Waals surface area contributed by atoms with Crippen LogP contribution in [0.1, 0.15) is 33.4 Å². The Bertz CT molecular complexity index is 387. The van der Waals surface area contributed by atoms with Crippen molar-refractivity contribution in [1.29, 1.82) is 0 Å². The number of nitrogens with one attached hydrogen (secondary N) is 1. The van der Waals surface area contributed by atoms with Gasteiger partial charge in [-0.05, 0) is 39.8 Å². The van der Waals surface area contributed by atoms with Gasteiger partial charge in [0.05, 0.1) is 18.3 Å². The Hall–Kier alpha value is -1.13. The fourth-order valence-corrected chi connectivity index (χ4v) is 1.70. The molecule has 0 fully saturated rings. The molecule has 1 heterocycles. The molecule has 1 unspecified atom stereocenters. The summed E-state index contributed by atoms with van der Waals surface area (Å²) in [6.07, 6.45) is 0. The predicted octanol–water partition coefficient (Wildman–Crippen LogP) is 2.44. The zero-order valence-corrected chi connectivity index (χ0v) is 13.0. The van der Waals surface area contributed by atoms with Crippen LogP contribution in [0, 0.1) is 0 Å². The van der Waals surface area contributed by atoms with E-state index < -0.39 is 0 Å². The first-order valence-electron chi connectivity index (χ1n) is 6.76. The maximum absolute atomic E-state index is 5.19. The minimum Gasteiger partial charge on any atom is -0.383 e. The van der Waals surface area contributed by atoms with E-state index in [2.05, 4.69) is 55.0 Å². The molecule has 1 aromatic heterocycles. The summed E-state index contributed by atoms with van der Waals surface area (Å²) >= 11 is 0. The first kappa shape index (κ1) is 15.9. The molecule has 0 saturated heterocycles. The average molecular weight is 265 g/mol. The van der Waals surface area contributed by atoms with Crippen LogP contribution >= 0.6 is 0 Å². The lowest BCUT2D eigenvalue weighted by atomic mass is 10.1. The van der Waals surface area contributed by atoms with Crippen molar-refractivity contribution < 1.29 is 4.74 Å². The van der Waals surface area contributed by atoms with Crippen molar-refractivity contribution in [3.05, 3.63) is 23.9 Å². The average Bonchev–Trinajstić information content (AvgIpc) is 2.35. The van der Waals surface area contributed by atoms with Gasteiger partial charge in [-0.1, -0.05) is 6.07 Å². The topological polar surface area (TPSA) is 37.4 Å². The van der Waals surface area contributed by atoms with Crippen LogP contribution in [0.2, 0.25) is 0 Å². The number of anilines is 1. The van der Waals surface area contributed by atoms with Crippen molar-refractivity contribution in [3.8, 4) is 0 Å². The predicted molar refractivity (Wildman–Crippen MR) is 80.6 cm³/mol. The second-order valence-electron chi connectivity index (χ2n) is 6.01. The van der Waals surface area contributed by atoms with Crippen LogP contribution in [-0.2, 0) is 11.3 Å². The molecule has 4 nitrogen and oxygen atoms in total. The number of methoxy groups -OCH3 is 1. The van der Waals surface area contributed by atoms with Gasteiger partial charge in [0, 0.05) is 26.2 Å². The molecule has 0 aromatic carbocycles. The maximum atomic E-state index is 5.19. The molecule has 0 amide bonds. The molecule has 0 aliphatic carbocycles. The molecule has 1 aromatic rings. The summed E-state index contributed by atoms with van der Waals surface area (Å²) < 4.78 is 5.19. The molecule has 0 saturated carbocycles. The van der Waals surface area contributed by atoms with Gasteiger partial charge in [0.2, 0.25) is 0 Å². The van der Waals surface area contributed by atoms with Gasteiger partial charge < -0.3 is 15.0 Å². The molecule has 0 aliphatic heterocycles. The standard InChI is InChI=1S/C15H27N3O/c1-12(11-19-6)18(5)14-9-7-8-13(17-14)10-16-15(2,3)4/h7-9,12,16H,10-11H2,1-6H3. The van der Waals surface area contributed by atoms with E-state index in [0.29, 0.717) is 12.6 Å². The summed E-state index contributed by atoms with van der Waals surface area (Å²) in [4.78, 5) is 6.83. The SMILES string of the molecule is COCC(C)N(C)c1cccc(CNC(C)(C)C)n1. The number of aromatic nitrogens is 1. The number of ether oxygens (including phenoxy) is 1. The molecule has 0 bridgehead atoms. The van der Waals surface area contributed by atoms with E-state index in [-0.39, 0.29) is 5.54 Å². The Kier molecular flexibility index (Phi) is 5.76. The van der Waals surface area contributed by atoms with Crippen LogP contribution in [0.4, 0.5) is 5.82 Å². The number of hydrogen-bond donors (Lipinski definition) is 1. The number of hydrogen-bond acceptors (Lipinski definition) is 4. The first-order chi connectivity index (χ1) is 8.83. The van der Waals surface area contributed by atoms with E-state index in [4.69, 9.17) is 4.74 Å². The van der Waals surface area contributed by atoms with Crippen molar-refractivity contribution in [2.75, 3.05) is 25.7 Å². The van der Waals surface area contributed by atoms with Crippen molar-refractivity contribution in [3.63, 3.8) is 0 Å². The fourth-order valence-electron chi connectivity index (χ4n) is 1.70. The van der Waals surface area contributed by atoms with Gasteiger partial charge in [-0.25, -0.2) is 4.98 Å². The first-order valence-corrected chi connectivity index (χ1v) is 6.76. The van der Waals surface area contributed by atoms with Crippen molar-refractivity contribution in [2.45, 2.75) is 45.8 Å². The van der Waals surface area contributed by atoms with Crippen LogP contribution < -0.4 is 10.2 Å². The number of rotatable bonds is 6. The summed E-state index contributed by atoms with van der Waals surface area (Å²) in [7, 11) is 3.77. The molecule has 1 atom stereocenters. The Morgan fingerprint density at radius 3 is 2.63 bits per heavy atom. The summed E-state index contributed by atoms with van der Waals surface area (Å²) in [6, 6.07) is 6.45. The maximum Gasteiger partial charge on any atom is 0.128 e. The summed E-state index contributed by atoms with van der Waals surface area (Å²) in [6.45, 7) is 10.1. The Morgan fingerprint density at radius 1 is 1.37 bits per heavy atom. The molecule has 1 N–H and O–H groups in total. The molecular weight excluding hydrogens is 238 g/mol. The number of likely N-dealkylation sites (N-methyl/N-ethyl adjacent to an activating group) is 1. The molecule has 0 aliphatic rings. The van der Waals surface area contributed by atoms with Gasteiger partial charge in [-0.3, -0.25) is 0 Å². The summed E-state index contributed by atoms with van der Waals surface area (Å²) in [5, 5.41) is 3.45. The lowest BCUT2D eigenvalue weighted by Gasteiger charge is -2.26. The molecule has 1 rings (SSSR count). The minimum atomic E-state index is 0.104. The van der Waals surface area contributed by atoms with Gasteiger partial charge in [0.1, 0.15) is 5.82 Å². The van der Waals surface area contributed by atoms with E-state index in [9.17, 15) is 0 Å². The van der Waals surface area contributed by atoms with Crippen molar-refractivity contribution in [2.24, 2.45) is 0 Å². The second-order valence-corrected chi connectivity index (χ2v) is 6.01. The van der Waals surface area contributed by atoms with E-state index in [1.807, 2.05) is 13.1 Å². The van der Waals surface area contributed by atoms with E-state index in [0.717, 1.165) is 18.1 Å². The van der Waals surface area contributed by atoms with Crippen LogP contribution in [0.15, 0.2) is 18.2 Å². The van der Waals surface area contributed by atoms with Gasteiger partial charge in [0.15, 0.2) is 0 Å². The Balaban J connectivity index is 2.71. The van der Waals surface area contributed by atoms with Gasteiger partial charge >= 0.3 is 0 Å². The minimum absolute atomic E-state index is 0.104. The molecule has 19 heavy (non-hydrogen) atoms. The van der Waals surface area contributed by atoms with Gasteiger partial charge in [-0.15, -0.1) is 0 Å². The normalized spacial score (nSPS) is 13.4. The van der Waals surface area contributed by atoms with Crippen LogP contribution in [0.5, 0.6) is 0 Å². The highest BCUT2D eigenvalue weighted by Crippen LogP contribution is 2.13. The monoisotopic (exact) mass is 265 g/mol. The van der Waals surface area contributed by atoms with Gasteiger partial charge in [-0.2, -0.15) is 0 Å². The zero-order valence-electron chi connectivity index (χ0n) is 13.0. The lowest BCUT2D eigenvalue weighted by molar-refractivity contribution is 0.183. The quantitative estimate of drug-likeness (QED) is 0.857. The van der Waals surface area contributed by atoms with Crippen LogP contribution in [0.25, 0.3) is 0 Å². The Labute approximate surface area is 117 Å². The van der Waals surface area contributed by atoms with E-state index in [1.54, 1.807) is 7.11 Å². The highest BCUT2D eigenvalue weighted by molar-refractivity contribution is 5.39. The third-order valence-electron chi connectivity index (χ3n) is 3.02. The smallest absolute Gasteiger partial charge is 0.128 e. The number of nitrogens with zero attached hydrogens (tertiary/aromatic N) is 2. The van der Waals surface area contributed by atoms with Crippen LogP contribution in [-0.4, -0.2) is 37.3 Å². The van der Waals surface area contributed by atoms with E-state index in [1.165, 1.54) is 0 Å². The summed E-state index contributed by atoms with van der Waals surface area (Å²) in [5.74, 6) is 0.984. The molecule has 0 spiro atoms. The largest absolute Gasteiger partial charge is 0.383 e. The third kappa shape index (κ3) is 5.57. The highest BCUT2D eigenvalue weighted by Gasteiger charge is 2.12. The molecule has 108 valence electrons. The summed E-state index contributed by atoms with van der Waals surface area (Å²) in [5.41, 5.74) is 1.16. The number of pyridine rings is 1. The van der Waals surface area contributed by atoms with Gasteiger partial charge in [0.25, 0.3) is 0 Å². The van der Waals surface area contributed by atoms with E-state index >= 15 is 0 Å². The Morgan fingerprint density at radius 2 is 2.05 bits per heavy atom. The third-order valence-corrected chi connectivity index (χ3v) is 3.02. The lowest BCUT2D eigenvalue weighted by Crippen LogP contribution is -2.36. The second kappa shape index (κ2) is 6.87. The molecule has 0 radical (unpaired) electrons. The van der Waals surface area contributed by atoms with Crippen molar-refractivity contribution >= 4 is 5.82 Å². The van der Waals surface area contributed by atoms with Crippen molar-refractivity contribution in [1.82, 2.24) is 10.3 Å².